The van der Waals surface area contributed by atoms with Gasteiger partial charge in [0.1, 0.15) is 0 Å². The zero-order chi connectivity index (χ0) is 6.28. The molecule has 5 nitrogen and oxygen atoms in total. The van der Waals surface area contributed by atoms with Crippen LogP contribution in [-0.2, 0) is 11.5 Å². The first-order chi connectivity index (χ1) is 3.15. The molecule has 0 heterocycles. The second-order valence-electron chi connectivity index (χ2n) is 0.299. The van der Waals surface area contributed by atoms with E-state index >= 15 is 0 Å². The van der Waals surface area contributed by atoms with Gasteiger partial charge in [-0.2, -0.15) is 0 Å². The van der Waals surface area contributed by atoms with Crippen molar-refractivity contribution < 1.29 is 19.9 Å². The van der Waals surface area contributed by atoms with Crippen LogP contribution in [0.15, 0.2) is 0 Å². The van der Waals surface area contributed by atoms with E-state index in [0.29, 0.717) is 0 Å². The van der Waals surface area contributed by atoms with E-state index in [1.807, 2.05) is 0 Å². The molecular formula is H2O5Se2. The van der Waals surface area contributed by atoms with Crippen LogP contribution in [0.25, 0.3) is 0 Å². The third-order valence-electron chi connectivity index (χ3n) is 0. The van der Waals surface area contributed by atoms with Crippen LogP contribution < -0.4 is 0 Å². The molecule has 0 bridgehead atoms. The van der Waals surface area contributed by atoms with Crippen LogP contribution in [0.4, 0.5) is 0 Å². The van der Waals surface area contributed by atoms with E-state index in [1.54, 1.807) is 0 Å². The average Bonchev–Trinajstić information content (AvgIpc) is 1.33. The summed E-state index contributed by atoms with van der Waals surface area (Å²) in [4.78, 5) is 0. The Morgan fingerprint density at radius 2 is 1.29 bits per heavy atom. The van der Waals surface area contributed by atoms with Gasteiger partial charge in [0, 0.05) is 0 Å². The second-order valence-corrected chi connectivity index (χ2v) is 1.55. The van der Waals surface area contributed by atoms with Crippen LogP contribution in [0, 0.1) is 0 Å². The predicted octanol–water partition coefficient (Wildman–Crippen LogP) is -2.23. The van der Waals surface area contributed by atoms with Crippen LogP contribution in [0.3, 0.4) is 0 Å². The van der Waals surface area contributed by atoms with E-state index in [0.717, 1.165) is 0 Å². The Bertz CT molecular complexity index is 74.1. The van der Waals surface area contributed by atoms with Gasteiger partial charge in [0.2, 0.25) is 0 Å². The van der Waals surface area contributed by atoms with E-state index in [-0.39, 0.29) is 0 Å². The molecule has 0 radical (unpaired) electrons. The number of hydrogen-bond donors (Lipinski definition) is 2. The van der Waals surface area contributed by atoms with Crippen LogP contribution in [0.1, 0.15) is 0 Å². The zero-order valence-electron chi connectivity index (χ0n) is 2.94. The van der Waals surface area contributed by atoms with E-state index in [2.05, 4.69) is 0 Å². The maximum atomic E-state index is 8.76. The van der Waals surface area contributed by atoms with Crippen LogP contribution >= 0.6 is 0 Å². The standard InChI is InChI=1S/H2O3Se.O2Se/c1-4(2)3;1-3-2/h(H2,1,2,3);. The topological polar surface area (TPSA) is 91.7 Å². The summed E-state index contributed by atoms with van der Waals surface area (Å²) in [6, 6.07) is 0. The summed E-state index contributed by atoms with van der Waals surface area (Å²) in [5.74, 6) is 0. The SMILES string of the molecule is O=[Se](O)O.O=[Se]=O. The van der Waals surface area contributed by atoms with Crippen molar-refractivity contribution in [1.82, 2.24) is 0 Å². The molecule has 44 valence electrons. The van der Waals surface area contributed by atoms with Gasteiger partial charge in [-0.25, -0.2) is 0 Å². The minimum absolute atomic E-state index is 1.62. The minimum atomic E-state index is -3.29. The molecule has 0 fully saturated rings. The molecule has 0 saturated heterocycles. The van der Waals surface area contributed by atoms with Crippen molar-refractivity contribution in [2.45, 2.75) is 0 Å². The Kier molecular flexibility index (Phi) is 14.2. The van der Waals surface area contributed by atoms with E-state index < -0.39 is 29.3 Å². The predicted molar refractivity (Wildman–Crippen MR) is 18.0 cm³/mol. The van der Waals surface area contributed by atoms with E-state index in [9.17, 15) is 0 Å². The summed E-state index contributed by atoms with van der Waals surface area (Å²) in [6.45, 7) is 0. The van der Waals surface area contributed by atoms with Crippen LogP contribution in [0.5, 0.6) is 0 Å². The van der Waals surface area contributed by atoms with Crippen molar-refractivity contribution in [3.63, 3.8) is 0 Å². The molecule has 0 aliphatic heterocycles. The summed E-state index contributed by atoms with van der Waals surface area (Å²) < 4.78 is 40.0. The number of rotatable bonds is 0. The van der Waals surface area contributed by atoms with Gasteiger partial charge in [0.05, 0.1) is 0 Å². The molecule has 2 N–H and O–H groups in total. The first-order valence-electron chi connectivity index (χ1n) is 0.865. The molecule has 7 heavy (non-hydrogen) atoms. The molecule has 0 aliphatic carbocycles. The van der Waals surface area contributed by atoms with Gasteiger partial charge in [-0.1, -0.05) is 0 Å². The molecule has 0 saturated carbocycles. The summed E-state index contributed by atoms with van der Waals surface area (Å²) >= 11 is -4.92. The third kappa shape index (κ3) is 938. The summed E-state index contributed by atoms with van der Waals surface area (Å²) in [6.07, 6.45) is 0. The fourth-order valence-corrected chi connectivity index (χ4v) is 0. The fraction of sp³-hybridized carbons (Fsp3) is 0. The van der Waals surface area contributed by atoms with Gasteiger partial charge in [-0.15, -0.1) is 0 Å². The van der Waals surface area contributed by atoms with Gasteiger partial charge in [0.25, 0.3) is 0 Å². The fourth-order valence-electron chi connectivity index (χ4n) is 0. The molecule has 0 aromatic heterocycles. The average molecular weight is 240 g/mol. The Labute approximate surface area is 49.6 Å². The van der Waals surface area contributed by atoms with Gasteiger partial charge in [0.15, 0.2) is 0 Å². The monoisotopic (exact) mass is 242 g/mol. The zero-order valence-corrected chi connectivity index (χ0v) is 6.36. The Morgan fingerprint density at radius 1 is 1.29 bits per heavy atom. The molecular weight excluding hydrogens is 238 g/mol. The van der Waals surface area contributed by atoms with Crippen molar-refractivity contribution in [2.75, 3.05) is 0 Å². The van der Waals surface area contributed by atoms with Crippen molar-refractivity contribution in [3.8, 4) is 0 Å². The van der Waals surface area contributed by atoms with Crippen molar-refractivity contribution in [1.29, 1.82) is 0 Å². The molecule has 0 amide bonds. The molecule has 7 heteroatoms. The number of hydrogen-bond acceptors (Lipinski definition) is 3. The van der Waals surface area contributed by atoms with Gasteiger partial charge < -0.3 is 0 Å². The Hall–Kier alpha value is 0.359. The molecule has 0 atom stereocenters. The third-order valence-corrected chi connectivity index (χ3v) is 0. The van der Waals surface area contributed by atoms with Crippen LogP contribution in [0.2, 0.25) is 0 Å². The van der Waals surface area contributed by atoms with E-state index in [4.69, 9.17) is 19.9 Å². The molecule has 0 rings (SSSR count). The Morgan fingerprint density at radius 3 is 1.29 bits per heavy atom. The molecule has 0 aliphatic rings. The quantitative estimate of drug-likeness (QED) is 0.467. The maximum absolute atomic E-state index is 8.76. The molecule has 0 spiro atoms. The summed E-state index contributed by atoms with van der Waals surface area (Å²) in [5.41, 5.74) is 0. The summed E-state index contributed by atoms with van der Waals surface area (Å²) in [7, 11) is 0. The molecule has 0 aromatic rings. The van der Waals surface area contributed by atoms with E-state index in [1.165, 1.54) is 0 Å². The van der Waals surface area contributed by atoms with Crippen molar-refractivity contribution in [2.24, 2.45) is 0 Å². The van der Waals surface area contributed by atoms with Gasteiger partial charge >= 0.3 is 49.2 Å². The summed E-state index contributed by atoms with van der Waals surface area (Å²) in [5, 5.41) is 0. The van der Waals surface area contributed by atoms with Crippen LogP contribution in [-0.4, -0.2) is 37.7 Å². The van der Waals surface area contributed by atoms with Gasteiger partial charge in [-0.05, 0) is 0 Å². The molecule has 0 unspecified atom stereocenters. The normalized spacial score (nSPS) is 6.71. The van der Waals surface area contributed by atoms with Crippen molar-refractivity contribution >= 4 is 29.3 Å². The second kappa shape index (κ2) is 9.61. The first-order valence-corrected chi connectivity index (χ1v) is 4.50. The molecule has 0 aromatic carbocycles. The Balaban J connectivity index is 0. The van der Waals surface area contributed by atoms with Gasteiger partial charge in [-0.3, -0.25) is 0 Å². The first kappa shape index (κ1) is 10.4. The van der Waals surface area contributed by atoms with Crippen molar-refractivity contribution in [3.05, 3.63) is 0 Å².